The normalized spacial score (nSPS) is 36.7. The van der Waals surface area contributed by atoms with E-state index in [2.05, 4.69) is 5.32 Å². The van der Waals surface area contributed by atoms with Crippen molar-refractivity contribution in [3.8, 4) is 0 Å². The topological polar surface area (TPSA) is 264 Å². The lowest BCUT2D eigenvalue weighted by molar-refractivity contribution is -0.0527. The van der Waals surface area contributed by atoms with Gasteiger partial charge in [0.1, 0.15) is 18.3 Å². The number of aliphatic hydroxyl groups is 7. The Morgan fingerprint density at radius 2 is 1.80 bits per heavy atom. The maximum Gasteiger partial charge on any atom is 0.330 e. The summed E-state index contributed by atoms with van der Waals surface area (Å²) in [5, 5.41) is 72.0. The van der Waals surface area contributed by atoms with Crippen molar-refractivity contribution in [2.75, 3.05) is 19.4 Å². The van der Waals surface area contributed by atoms with E-state index in [4.69, 9.17) is 14.4 Å². The van der Waals surface area contributed by atoms with Crippen molar-refractivity contribution in [3.05, 3.63) is 33.1 Å². The highest BCUT2D eigenvalue weighted by atomic mass is 31.2. The van der Waals surface area contributed by atoms with E-state index in [1.165, 1.54) is 0 Å². The molecule has 17 heteroatoms. The molecule has 1 aromatic rings. The molecule has 2 aliphatic rings. The van der Waals surface area contributed by atoms with E-state index in [1.807, 2.05) is 4.98 Å². The van der Waals surface area contributed by atoms with Gasteiger partial charge in [0.05, 0.1) is 49.8 Å². The third-order valence-electron chi connectivity index (χ3n) is 6.01. The van der Waals surface area contributed by atoms with Crippen LogP contribution in [0.4, 0.5) is 0 Å². The molecule has 3 heterocycles. The zero-order chi connectivity index (χ0) is 26.1. The molecule has 0 spiro atoms. The summed E-state index contributed by atoms with van der Waals surface area (Å²) in [5.41, 5.74) is -1.60. The summed E-state index contributed by atoms with van der Waals surface area (Å²) in [5.74, 6) is 0. The van der Waals surface area contributed by atoms with Crippen molar-refractivity contribution in [1.82, 2.24) is 14.9 Å². The number of hydrogen-bond donors (Lipinski definition) is 10. The molecule has 6 unspecified atom stereocenters. The third-order valence-corrected chi connectivity index (χ3v) is 7.44. The molecule has 2 aliphatic heterocycles. The number of hydrogen-bond acceptors (Lipinski definition) is 13. The first kappa shape index (κ1) is 28.0. The van der Waals surface area contributed by atoms with Gasteiger partial charge in [-0.2, -0.15) is 0 Å². The summed E-state index contributed by atoms with van der Waals surface area (Å²) in [6, 6.07) is -1.03. The Kier molecular flexibility index (Phi) is 9.01. The van der Waals surface area contributed by atoms with Crippen molar-refractivity contribution >= 4 is 7.60 Å². The molecule has 16 nitrogen and oxygen atoms in total. The van der Waals surface area contributed by atoms with Gasteiger partial charge in [-0.05, 0) is 6.42 Å². The van der Waals surface area contributed by atoms with Crippen LogP contribution in [0, 0.1) is 0 Å². The van der Waals surface area contributed by atoms with E-state index >= 15 is 0 Å². The monoisotopic (exact) mass is 527 g/mol. The summed E-state index contributed by atoms with van der Waals surface area (Å²) in [6.07, 6.45) is -11.8. The number of nitrogens with one attached hydrogen (secondary N) is 2. The molecule has 10 N–H and O–H groups in total. The molecule has 0 saturated carbocycles. The molecular formula is C18H30N3O13P. The van der Waals surface area contributed by atoms with Crippen LogP contribution in [0.15, 0.2) is 21.9 Å². The molecule has 35 heavy (non-hydrogen) atoms. The van der Waals surface area contributed by atoms with E-state index in [-0.39, 0.29) is 6.42 Å². The lowest BCUT2D eigenvalue weighted by Gasteiger charge is -2.23. The lowest BCUT2D eigenvalue weighted by Crippen LogP contribution is -2.45. The van der Waals surface area contributed by atoms with Gasteiger partial charge >= 0.3 is 13.3 Å². The minimum atomic E-state index is -4.49. The van der Waals surface area contributed by atoms with Crippen LogP contribution in [0.5, 0.6) is 0 Å². The van der Waals surface area contributed by atoms with Crippen LogP contribution < -0.4 is 16.6 Å². The Bertz CT molecular complexity index is 1020. The number of rotatable bonds is 10. The van der Waals surface area contributed by atoms with Crippen LogP contribution in [0.2, 0.25) is 0 Å². The second-order valence-electron chi connectivity index (χ2n) is 8.60. The number of aromatic nitrogens is 2. The molecule has 0 radical (unpaired) electrons. The van der Waals surface area contributed by atoms with Gasteiger partial charge < -0.3 is 55.2 Å². The predicted molar refractivity (Wildman–Crippen MR) is 114 cm³/mol. The first-order valence-electron chi connectivity index (χ1n) is 10.7. The molecule has 11 atom stereocenters. The Balaban J connectivity index is 1.54. The average molecular weight is 527 g/mol. The minimum Gasteiger partial charge on any atom is -0.394 e. The second kappa shape index (κ2) is 11.2. The fourth-order valence-corrected chi connectivity index (χ4v) is 5.32. The molecule has 3 rings (SSSR count). The summed E-state index contributed by atoms with van der Waals surface area (Å²) >= 11 is 0. The van der Waals surface area contributed by atoms with Gasteiger partial charge in [0, 0.05) is 18.3 Å². The van der Waals surface area contributed by atoms with Gasteiger partial charge in [-0.3, -0.25) is 18.9 Å². The molecule has 0 bridgehead atoms. The SMILES string of the molecule is O=c1ccn([C@@H]2O[C@H](COP(=O)(O)C[C@@H](O)C[C@@H]3N[C@@H](C(O)CO)C(O)C3O)C(O)C2O)c(=O)[nH]1. The smallest absolute Gasteiger partial charge is 0.330 e. The van der Waals surface area contributed by atoms with Gasteiger partial charge in [-0.15, -0.1) is 0 Å². The van der Waals surface area contributed by atoms with Gasteiger partial charge in [0.2, 0.25) is 0 Å². The quantitative estimate of drug-likeness (QED) is 0.127. The van der Waals surface area contributed by atoms with Crippen LogP contribution in [-0.4, -0.2) is 124 Å². The molecule has 1 aromatic heterocycles. The second-order valence-corrected chi connectivity index (χ2v) is 10.5. The molecule has 200 valence electrons. The Morgan fingerprint density at radius 3 is 2.43 bits per heavy atom. The zero-order valence-corrected chi connectivity index (χ0v) is 19.2. The Hall–Kier alpha value is -1.53. The first-order chi connectivity index (χ1) is 16.3. The fourth-order valence-electron chi connectivity index (χ4n) is 4.16. The number of H-pyrrole nitrogens is 1. The number of nitrogens with zero attached hydrogens (tertiary/aromatic N) is 1. The summed E-state index contributed by atoms with van der Waals surface area (Å²) in [6.45, 7) is -1.38. The lowest BCUT2D eigenvalue weighted by atomic mass is 10.0. The highest BCUT2D eigenvalue weighted by Gasteiger charge is 2.46. The highest BCUT2D eigenvalue weighted by molar-refractivity contribution is 7.52. The van der Waals surface area contributed by atoms with E-state index in [0.29, 0.717) is 0 Å². The maximum atomic E-state index is 12.4. The van der Waals surface area contributed by atoms with Crippen molar-refractivity contribution in [2.24, 2.45) is 0 Å². The van der Waals surface area contributed by atoms with Gasteiger partial charge in [0.25, 0.3) is 5.56 Å². The molecule has 0 amide bonds. The van der Waals surface area contributed by atoms with E-state index in [1.54, 1.807) is 0 Å². The number of aromatic amines is 1. The molecule has 2 fully saturated rings. The largest absolute Gasteiger partial charge is 0.394 e. The van der Waals surface area contributed by atoms with Crippen molar-refractivity contribution < 1.29 is 54.5 Å². The number of aliphatic hydroxyl groups excluding tert-OH is 7. The fraction of sp³-hybridized carbons (Fsp3) is 0.778. The summed E-state index contributed by atoms with van der Waals surface area (Å²) < 4.78 is 23.6. The number of ether oxygens (including phenoxy) is 1. The van der Waals surface area contributed by atoms with E-state index in [9.17, 15) is 49.7 Å². The van der Waals surface area contributed by atoms with Gasteiger partial charge in [-0.1, -0.05) is 0 Å². The maximum absolute atomic E-state index is 12.4. The average Bonchev–Trinajstić information content (AvgIpc) is 3.22. The minimum absolute atomic E-state index is 0.306. The van der Waals surface area contributed by atoms with Crippen LogP contribution >= 0.6 is 7.60 Å². The first-order valence-corrected chi connectivity index (χ1v) is 12.5. The van der Waals surface area contributed by atoms with Gasteiger partial charge in [-0.25, -0.2) is 4.79 Å². The highest BCUT2D eigenvalue weighted by Crippen LogP contribution is 2.44. The molecule has 2 saturated heterocycles. The zero-order valence-electron chi connectivity index (χ0n) is 18.3. The summed E-state index contributed by atoms with van der Waals surface area (Å²) in [4.78, 5) is 35.2. The van der Waals surface area contributed by atoms with E-state index < -0.39 is 99.3 Å². The standard InChI is InChI=1S/C18H30N3O13P/c22-4-9(24)12-15(28)13(26)8(19-12)3-7(23)6-35(31,32)33-5-10-14(27)16(29)17(34-10)21-2-1-11(25)20-18(21)30/h1-2,7-10,12-17,19,22-24,26-29H,3-6H2,(H,31,32)(H,20,25,30)/t7-,8-,9?,10+,12-,13?,14?,15?,16?,17+/m0/s1. The molecule has 0 aliphatic carbocycles. The van der Waals surface area contributed by atoms with Crippen LogP contribution in [-0.2, 0) is 13.8 Å². The van der Waals surface area contributed by atoms with Gasteiger partial charge in [0.15, 0.2) is 6.23 Å². The summed E-state index contributed by atoms with van der Waals surface area (Å²) in [7, 11) is -4.49. The van der Waals surface area contributed by atoms with Crippen molar-refractivity contribution in [3.63, 3.8) is 0 Å². The Labute approximate surface area is 197 Å². The molecule has 0 aromatic carbocycles. The molecular weight excluding hydrogens is 497 g/mol. The predicted octanol–water partition coefficient (Wildman–Crippen LogP) is -5.48. The van der Waals surface area contributed by atoms with Crippen LogP contribution in [0.3, 0.4) is 0 Å². The van der Waals surface area contributed by atoms with Crippen molar-refractivity contribution in [1.29, 1.82) is 0 Å². The van der Waals surface area contributed by atoms with E-state index in [0.717, 1.165) is 16.8 Å². The van der Waals surface area contributed by atoms with Crippen molar-refractivity contribution in [2.45, 2.75) is 67.5 Å². The Morgan fingerprint density at radius 1 is 1.11 bits per heavy atom. The van der Waals surface area contributed by atoms with Crippen LogP contribution in [0.25, 0.3) is 0 Å². The third kappa shape index (κ3) is 6.43. The van der Waals surface area contributed by atoms with Crippen LogP contribution in [0.1, 0.15) is 12.6 Å².